The molecule has 2 aromatic rings. The highest BCUT2D eigenvalue weighted by atomic mass is 16.6. The van der Waals surface area contributed by atoms with Gasteiger partial charge in [0, 0.05) is 11.8 Å². The van der Waals surface area contributed by atoms with E-state index in [4.69, 9.17) is 9.15 Å². The maximum Gasteiger partial charge on any atom is 0.338 e. The molecular formula is C19H19N3O6. The van der Waals surface area contributed by atoms with E-state index in [0.29, 0.717) is 16.8 Å². The Kier molecular flexibility index (Phi) is 5.16. The third-order valence-electron chi connectivity index (χ3n) is 4.37. The maximum atomic E-state index is 12.4. The molecule has 3 rings (SSSR count). The van der Waals surface area contributed by atoms with Crippen molar-refractivity contribution < 1.29 is 23.7 Å². The molecule has 0 aliphatic carbocycles. The molecule has 1 aliphatic rings. The van der Waals surface area contributed by atoms with E-state index >= 15 is 0 Å². The lowest BCUT2D eigenvalue weighted by Gasteiger charge is -2.26. The Morgan fingerprint density at radius 2 is 2.04 bits per heavy atom. The van der Waals surface area contributed by atoms with Crippen molar-refractivity contribution >= 4 is 17.7 Å². The van der Waals surface area contributed by atoms with Crippen molar-refractivity contribution in [1.29, 1.82) is 0 Å². The van der Waals surface area contributed by atoms with Crippen LogP contribution in [0.5, 0.6) is 0 Å². The molecule has 28 heavy (non-hydrogen) atoms. The van der Waals surface area contributed by atoms with Crippen LogP contribution in [0.4, 0.5) is 10.5 Å². The molecule has 2 N–H and O–H groups in total. The summed E-state index contributed by atoms with van der Waals surface area (Å²) in [5.74, 6) is -0.0458. The number of amides is 2. The quantitative estimate of drug-likeness (QED) is 0.462. The number of nitro groups is 1. The molecule has 1 aliphatic heterocycles. The van der Waals surface area contributed by atoms with Crippen molar-refractivity contribution in [3.63, 3.8) is 0 Å². The van der Waals surface area contributed by atoms with Gasteiger partial charge >= 0.3 is 12.0 Å². The Morgan fingerprint density at radius 1 is 1.29 bits per heavy atom. The van der Waals surface area contributed by atoms with Crippen LogP contribution in [0, 0.1) is 17.0 Å². The van der Waals surface area contributed by atoms with Gasteiger partial charge in [-0.2, -0.15) is 0 Å². The monoisotopic (exact) mass is 385 g/mol. The molecule has 0 spiro atoms. The summed E-state index contributed by atoms with van der Waals surface area (Å²) in [6.07, 6.45) is 0. The number of aryl methyl sites for hydroxylation is 1. The van der Waals surface area contributed by atoms with Crippen LogP contribution < -0.4 is 10.6 Å². The minimum absolute atomic E-state index is 0.0902. The van der Waals surface area contributed by atoms with Gasteiger partial charge in [-0.05, 0) is 38.5 Å². The number of nitro benzene ring substituents is 1. The number of benzene rings is 1. The van der Waals surface area contributed by atoms with Crippen molar-refractivity contribution in [3.05, 3.63) is 63.0 Å². The van der Waals surface area contributed by atoms with Crippen LogP contribution in [0.25, 0.3) is 11.3 Å². The summed E-state index contributed by atoms with van der Waals surface area (Å²) in [4.78, 5) is 35.2. The smallest absolute Gasteiger partial charge is 0.338 e. The first-order chi connectivity index (χ1) is 13.3. The standard InChI is InChI=1S/C19H19N3O6/c1-4-27-18(23)16-11(3)20-19(24)21-17(16)14-9-8-13(28-14)15-10(2)6-5-7-12(15)22(25)26/h5-9,17H,4H2,1-3H3,(H2,20,21,24). The number of urea groups is 1. The molecular weight excluding hydrogens is 366 g/mol. The third-order valence-corrected chi connectivity index (χ3v) is 4.37. The summed E-state index contributed by atoms with van der Waals surface area (Å²) in [5, 5.41) is 16.6. The summed E-state index contributed by atoms with van der Waals surface area (Å²) in [6, 6.07) is 6.53. The second-order valence-electron chi connectivity index (χ2n) is 6.22. The lowest BCUT2D eigenvalue weighted by atomic mass is 10.0. The van der Waals surface area contributed by atoms with Gasteiger partial charge in [-0.25, -0.2) is 9.59 Å². The molecule has 1 aromatic carbocycles. The fourth-order valence-electron chi connectivity index (χ4n) is 3.15. The van der Waals surface area contributed by atoms with Gasteiger partial charge in [0.2, 0.25) is 0 Å². The van der Waals surface area contributed by atoms with Crippen LogP contribution in [0.1, 0.15) is 31.2 Å². The second kappa shape index (κ2) is 7.55. The van der Waals surface area contributed by atoms with Crippen LogP contribution >= 0.6 is 0 Å². The van der Waals surface area contributed by atoms with Gasteiger partial charge in [-0.1, -0.05) is 12.1 Å². The van der Waals surface area contributed by atoms with Crippen molar-refractivity contribution in [2.45, 2.75) is 26.8 Å². The Hall–Kier alpha value is -3.62. The molecule has 2 amide bonds. The number of hydrogen-bond acceptors (Lipinski definition) is 6. The molecule has 1 unspecified atom stereocenters. The molecule has 2 heterocycles. The van der Waals surface area contributed by atoms with E-state index < -0.39 is 23.0 Å². The summed E-state index contributed by atoms with van der Waals surface area (Å²) >= 11 is 0. The lowest BCUT2D eigenvalue weighted by molar-refractivity contribution is -0.384. The number of nitrogens with one attached hydrogen (secondary N) is 2. The summed E-state index contributed by atoms with van der Waals surface area (Å²) < 4.78 is 10.9. The molecule has 1 aromatic heterocycles. The van der Waals surface area contributed by atoms with Gasteiger partial charge in [0.15, 0.2) is 0 Å². The van der Waals surface area contributed by atoms with Gasteiger partial charge in [-0.15, -0.1) is 0 Å². The fourth-order valence-corrected chi connectivity index (χ4v) is 3.15. The van der Waals surface area contributed by atoms with Crippen LogP contribution in [0.2, 0.25) is 0 Å². The molecule has 0 saturated heterocycles. The maximum absolute atomic E-state index is 12.4. The zero-order valence-electron chi connectivity index (χ0n) is 15.6. The molecule has 0 bridgehead atoms. The van der Waals surface area contributed by atoms with E-state index in [1.807, 2.05) is 0 Å². The largest absolute Gasteiger partial charge is 0.463 e. The van der Waals surface area contributed by atoms with Crippen LogP contribution in [0.3, 0.4) is 0 Å². The van der Waals surface area contributed by atoms with E-state index in [1.165, 1.54) is 6.07 Å². The Morgan fingerprint density at radius 3 is 2.71 bits per heavy atom. The van der Waals surface area contributed by atoms with E-state index in [-0.39, 0.29) is 29.4 Å². The van der Waals surface area contributed by atoms with Gasteiger partial charge in [0.1, 0.15) is 17.6 Å². The van der Waals surface area contributed by atoms with Gasteiger partial charge in [0.05, 0.1) is 22.7 Å². The highest BCUT2D eigenvalue weighted by Gasteiger charge is 2.34. The number of carbonyl (C=O) groups is 2. The third kappa shape index (κ3) is 3.46. The van der Waals surface area contributed by atoms with E-state index in [2.05, 4.69) is 10.6 Å². The highest BCUT2D eigenvalue weighted by Crippen LogP contribution is 2.37. The van der Waals surface area contributed by atoms with Crippen LogP contribution in [-0.4, -0.2) is 23.5 Å². The van der Waals surface area contributed by atoms with E-state index in [1.54, 1.807) is 45.0 Å². The fraction of sp³-hybridized carbons (Fsp3) is 0.263. The first-order valence-corrected chi connectivity index (χ1v) is 8.63. The zero-order chi connectivity index (χ0) is 20.4. The minimum atomic E-state index is -0.871. The zero-order valence-corrected chi connectivity index (χ0v) is 15.6. The van der Waals surface area contributed by atoms with Crippen molar-refractivity contribution in [2.75, 3.05) is 6.61 Å². The average molecular weight is 385 g/mol. The van der Waals surface area contributed by atoms with E-state index in [9.17, 15) is 19.7 Å². The van der Waals surface area contributed by atoms with Crippen molar-refractivity contribution in [1.82, 2.24) is 10.6 Å². The summed E-state index contributed by atoms with van der Waals surface area (Å²) in [5.41, 5.74) is 1.49. The molecule has 0 saturated carbocycles. The van der Waals surface area contributed by atoms with Gasteiger partial charge < -0.3 is 19.8 Å². The van der Waals surface area contributed by atoms with Gasteiger partial charge in [-0.3, -0.25) is 10.1 Å². The topological polar surface area (TPSA) is 124 Å². The number of furan rings is 1. The number of hydrogen-bond donors (Lipinski definition) is 2. The van der Waals surface area contributed by atoms with E-state index in [0.717, 1.165) is 0 Å². The van der Waals surface area contributed by atoms with Crippen LogP contribution in [0.15, 0.2) is 46.0 Å². The highest BCUT2D eigenvalue weighted by molar-refractivity contribution is 5.94. The molecule has 1 atom stereocenters. The predicted octanol–water partition coefficient (Wildman–Crippen LogP) is 3.35. The normalized spacial score (nSPS) is 16.4. The number of ether oxygens (including phenoxy) is 1. The first-order valence-electron chi connectivity index (χ1n) is 8.63. The summed E-state index contributed by atoms with van der Waals surface area (Å²) in [6.45, 7) is 5.19. The Balaban J connectivity index is 2.06. The molecule has 9 heteroatoms. The van der Waals surface area contributed by atoms with Crippen LogP contribution in [-0.2, 0) is 9.53 Å². The Labute approximate surface area is 160 Å². The first kappa shape index (κ1) is 19.2. The average Bonchev–Trinajstić information content (AvgIpc) is 3.10. The van der Waals surface area contributed by atoms with Gasteiger partial charge in [0.25, 0.3) is 5.69 Å². The number of rotatable bonds is 5. The molecule has 0 radical (unpaired) electrons. The summed E-state index contributed by atoms with van der Waals surface area (Å²) in [7, 11) is 0. The Bertz CT molecular complexity index is 991. The number of carbonyl (C=O) groups excluding carboxylic acids is 2. The van der Waals surface area contributed by atoms with Crippen molar-refractivity contribution in [3.8, 4) is 11.3 Å². The second-order valence-corrected chi connectivity index (χ2v) is 6.22. The SMILES string of the molecule is CCOC(=O)C1=C(C)NC(=O)NC1c1ccc(-c2c(C)cccc2[N+](=O)[O-])o1. The predicted molar refractivity (Wildman–Crippen MR) is 99.3 cm³/mol. The minimum Gasteiger partial charge on any atom is -0.463 e. The van der Waals surface area contributed by atoms with Crippen molar-refractivity contribution in [2.24, 2.45) is 0 Å². The number of allylic oxidation sites excluding steroid dienone is 1. The molecule has 146 valence electrons. The number of nitrogens with zero attached hydrogens (tertiary/aromatic N) is 1. The number of esters is 1. The lowest BCUT2D eigenvalue weighted by Crippen LogP contribution is -2.45. The molecule has 9 nitrogen and oxygen atoms in total. The molecule has 0 fully saturated rings.